The Morgan fingerprint density at radius 1 is 1.38 bits per heavy atom. The quantitative estimate of drug-likeness (QED) is 0.674. The number of hydrogen-bond donors (Lipinski definition) is 1. The van der Waals surface area contributed by atoms with E-state index >= 15 is 0 Å². The molecule has 0 spiro atoms. The van der Waals surface area contributed by atoms with Crippen LogP contribution >= 0.6 is 11.5 Å². The maximum Gasteiger partial charge on any atom is 0.135 e. The minimum absolute atomic E-state index is 0.520. The highest BCUT2D eigenvalue weighted by atomic mass is 32.1. The summed E-state index contributed by atoms with van der Waals surface area (Å²) in [5.41, 5.74) is 0.899. The molecule has 0 atom stereocenters. The third kappa shape index (κ3) is 4.87. The highest BCUT2D eigenvalue weighted by Crippen LogP contribution is 2.18. The molecule has 0 aliphatic carbocycles. The van der Waals surface area contributed by atoms with Crippen molar-refractivity contribution in [3.8, 4) is 0 Å². The summed E-state index contributed by atoms with van der Waals surface area (Å²) in [6.45, 7) is 5.02. The molecule has 0 amide bonds. The lowest BCUT2D eigenvalue weighted by atomic mass is 10.4. The molecule has 0 radical (unpaired) electrons. The van der Waals surface area contributed by atoms with Crippen molar-refractivity contribution in [3.63, 3.8) is 0 Å². The summed E-state index contributed by atoms with van der Waals surface area (Å²) in [6, 6.07) is 0. The van der Waals surface area contributed by atoms with Gasteiger partial charge in [-0.3, -0.25) is 0 Å². The van der Waals surface area contributed by atoms with E-state index in [1.807, 2.05) is 0 Å². The van der Waals surface area contributed by atoms with Crippen LogP contribution < -0.4 is 5.32 Å². The number of hydrogen-bond acceptors (Lipinski definition) is 6. The summed E-state index contributed by atoms with van der Waals surface area (Å²) >= 11 is 1.38. The van der Waals surface area contributed by atoms with Gasteiger partial charge in [0, 0.05) is 38.4 Å². The zero-order valence-electron chi connectivity index (χ0n) is 9.86. The maximum atomic E-state index is 5.48. The van der Waals surface area contributed by atoms with Crippen LogP contribution in [0.4, 0.5) is 5.00 Å². The van der Waals surface area contributed by atoms with Gasteiger partial charge >= 0.3 is 0 Å². The second-order valence-electron chi connectivity index (χ2n) is 3.37. The highest BCUT2D eigenvalue weighted by Gasteiger charge is 2.06. The molecule has 0 aromatic carbocycles. The Morgan fingerprint density at radius 2 is 2.25 bits per heavy atom. The van der Waals surface area contributed by atoms with Crippen molar-refractivity contribution in [2.45, 2.75) is 26.4 Å². The van der Waals surface area contributed by atoms with Crippen molar-refractivity contribution < 1.29 is 9.47 Å². The monoisotopic (exact) mass is 245 g/mol. The van der Waals surface area contributed by atoms with E-state index in [2.05, 4.69) is 21.8 Å². The number of anilines is 1. The lowest BCUT2D eigenvalue weighted by Crippen LogP contribution is -2.04. The Bertz CT molecular complexity index is 281. The van der Waals surface area contributed by atoms with Gasteiger partial charge in [0.25, 0.3) is 0 Å². The van der Waals surface area contributed by atoms with Crippen molar-refractivity contribution in [1.82, 2.24) is 9.59 Å². The van der Waals surface area contributed by atoms with Gasteiger partial charge < -0.3 is 14.8 Å². The molecule has 0 unspecified atom stereocenters. The van der Waals surface area contributed by atoms with Crippen molar-refractivity contribution >= 4 is 16.5 Å². The molecule has 0 saturated carbocycles. The predicted molar refractivity (Wildman–Crippen MR) is 64.8 cm³/mol. The molecule has 6 heteroatoms. The van der Waals surface area contributed by atoms with Crippen molar-refractivity contribution in [1.29, 1.82) is 0 Å². The number of nitrogens with zero attached hydrogens (tertiary/aromatic N) is 2. The number of ether oxygens (including phenoxy) is 2. The third-order valence-corrected chi connectivity index (χ3v) is 2.69. The van der Waals surface area contributed by atoms with Gasteiger partial charge in [-0.15, -0.1) is 5.10 Å². The Morgan fingerprint density at radius 3 is 3.00 bits per heavy atom. The lowest BCUT2D eigenvalue weighted by Gasteiger charge is -2.04. The van der Waals surface area contributed by atoms with Crippen molar-refractivity contribution in [2.75, 3.05) is 32.2 Å². The average Bonchev–Trinajstić information content (AvgIpc) is 2.74. The first-order chi connectivity index (χ1) is 7.88. The van der Waals surface area contributed by atoms with Crippen LogP contribution in [0.3, 0.4) is 0 Å². The molecule has 0 aliphatic heterocycles. The minimum Gasteiger partial charge on any atom is -0.385 e. The Balaban J connectivity index is 2.22. The summed E-state index contributed by atoms with van der Waals surface area (Å²) in [5.74, 6) is 0. The van der Waals surface area contributed by atoms with Gasteiger partial charge in [0.1, 0.15) is 10.7 Å². The van der Waals surface area contributed by atoms with E-state index in [1.54, 1.807) is 7.11 Å². The second-order valence-corrected chi connectivity index (χ2v) is 4.13. The highest BCUT2D eigenvalue weighted by molar-refractivity contribution is 7.10. The summed E-state index contributed by atoms with van der Waals surface area (Å²) in [7, 11) is 1.69. The molecule has 1 rings (SSSR count). The Hall–Kier alpha value is -0.720. The van der Waals surface area contributed by atoms with Crippen LogP contribution in [0.1, 0.15) is 25.5 Å². The first kappa shape index (κ1) is 13.3. The summed E-state index contributed by atoms with van der Waals surface area (Å²) < 4.78 is 14.3. The molecular formula is C10H19N3O2S. The zero-order valence-corrected chi connectivity index (χ0v) is 10.7. The molecule has 0 fully saturated rings. The van der Waals surface area contributed by atoms with E-state index in [1.165, 1.54) is 11.5 Å². The predicted octanol–water partition coefficient (Wildman–Crippen LogP) is 1.91. The van der Waals surface area contributed by atoms with Crippen LogP contribution in [-0.2, 0) is 16.1 Å². The molecule has 0 aliphatic rings. The molecule has 1 aromatic rings. The Kier molecular flexibility index (Phi) is 7.03. The van der Waals surface area contributed by atoms with Crippen LogP contribution in [-0.4, -0.2) is 36.5 Å². The van der Waals surface area contributed by atoms with Crippen LogP contribution in [0.15, 0.2) is 0 Å². The van der Waals surface area contributed by atoms with Gasteiger partial charge in [-0.05, 0) is 12.8 Å². The van der Waals surface area contributed by atoms with Gasteiger partial charge in [-0.2, -0.15) is 0 Å². The van der Waals surface area contributed by atoms with Gasteiger partial charge in [-0.25, -0.2) is 0 Å². The molecule has 92 valence electrons. The fraction of sp³-hybridized carbons (Fsp3) is 0.800. The molecule has 1 N–H and O–H groups in total. The first-order valence-electron chi connectivity index (χ1n) is 5.50. The van der Waals surface area contributed by atoms with E-state index in [4.69, 9.17) is 9.47 Å². The van der Waals surface area contributed by atoms with Gasteiger partial charge in [0.05, 0.1) is 6.61 Å². The number of nitrogens with one attached hydrogen (secondary N) is 1. The first-order valence-corrected chi connectivity index (χ1v) is 6.27. The number of methoxy groups -OCH3 is 1. The topological polar surface area (TPSA) is 56.3 Å². The van der Waals surface area contributed by atoms with E-state index in [9.17, 15) is 0 Å². The van der Waals surface area contributed by atoms with Gasteiger partial charge in [-0.1, -0.05) is 11.4 Å². The molecule has 5 nitrogen and oxygen atoms in total. The number of aromatic nitrogens is 2. The summed E-state index contributed by atoms with van der Waals surface area (Å²) in [5, 5.41) is 8.34. The van der Waals surface area contributed by atoms with Crippen molar-refractivity contribution in [2.24, 2.45) is 0 Å². The third-order valence-electron chi connectivity index (χ3n) is 1.97. The smallest absolute Gasteiger partial charge is 0.135 e. The maximum absolute atomic E-state index is 5.48. The van der Waals surface area contributed by atoms with Crippen molar-refractivity contribution in [3.05, 3.63) is 5.69 Å². The standard InChI is InChI=1S/C10H19N3O2S/c1-3-5-11-10-9(12-13-16-10)8-15-7-4-6-14-2/h11H,3-8H2,1-2H3. The van der Waals surface area contributed by atoms with E-state index < -0.39 is 0 Å². The minimum atomic E-state index is 0.520. The molecule has 0 bridgehead atoms. The summed E-state index contributed by atoms with van der Waals surface area (Å²) in [4.78, 5) is 0. The molecule has 1 aromatic heterocycles. The van der Waals surface area contributed by atoms with Gasteiger partial charge in [0.15, 0.2) is 0 Å². The lowest BCUT2D eigenvalue weighted by molar-refractivity contribution is 0.0913. The SMILES string of the molecule is CCCNc1snnc1COCCCOC. The summed E-state index contributed by atoms with van der Waals surface area (Å²) in [6.07, 6.45) is 2.00. The molecule has 0 saturated heterocycles. The van der Waals surface area contributed by atoms with Crippen LogP contribution in [0.25, 0.3) is 0 Å². The Labute approximate surface area is 100 Å². The fourth-order valence-corrected chi connectivity index (χ4v) is 1.74. The van der Waals surface area contributed by atoms with E-state index in [-0.39, 0.29) is 0 Å². The van der Waals surface area contributed by atoms with E-state index in [0.29, 0.717) is 13.2 Å². The van der Waals surface area contributed by atoms with E-state index in [0.717, 1.165) is 36.7 Å². The molecule has 1 heterocycles. The van der Waals surface area contributed by atoms with Crippen LogP contribution in [0.5, 0.6) is 0 Å². The molecular weight excluding hydrogens is 226 g/mol. The van der Waals surface area contributed by atoms with Crippen LogP contribution in [0.2, 0.25) is 0 Å². The molecule has 16 heavy (non-hydrogen) atoms. The average molecular weight is 245 g/mol. The normalized spacial score (nSPS) is 10.6. The number of rotatable bonds is 9. The van der Waals surface area contributed by atoms with Crippen LogP contribution in [0, 0.1) is 0 Å². The second kappa shape index (κ2) is 8.43. The largest absolute Gasteiger partial charge is 0.385 e. The van der Waals surface area contributed by atoms with Gasteiger partial charge in [0.2, 0.25) is 0 Å². The zero-order chi connectivity index (χ0) is 11.6. The fourth-order valence-electron chi connectivity index (χ4n) is 1.15.